The van der Waals surface area contributed by atoms with E-state index in [9.17, 15) is 9.59 Å². The standard InChI is InChI=1S/C12H11N3O3/c16-11(13-5-8-6-14-15-7-8)9-3-1-2-4-10(9)12(17)18/h1-4,6-7H,5H2,(H,13,16)(H,14,15)(H,17,18). The van der Waals surface area contributed by atoms with Crippen molar-refractivity contribution in [3.63, 3.8) is 0 Å². The quantitative estimate of drug-likeness (QED) is 0.749. The number of carboxylic acid groups (broad SMARTS) is 1. The van der Waals surface area contributed by atoms with Gasteiger partial charge in [0.1, 0.15) is 0 Å². The number of carboxylic acids is 1. The summed E-state index contributed by atoms with van der Waals surface area (Å²) in [5.41, 5.74) is 0.951. The van der Waals surface area contributed by atoms with Crippen LogP contribution in [-0.4, -0.2) is 27.2 Å². The van der Waals surface area contributed by atoms with Gasteiger partial charge in [-0.25, -0.2) is 4.79 Å². The number of hydrogen-bond donors (Lipinski definition) is 3. The van der Waals surface area contributed by atoms with E-state index >= 15 is 0 Å². The minimum absolute atomic E-state index is 0.0119. The van der Waals surface area contributed by atoms with Crippen molar-refractivity contribution in [1.29, 1.82) is 0 Å². The van der Waals surface area contributed by atoms with Crippen molar-refractivity contribution in [2.75, 3.05) is 0 Å². The van der Waals surface area contributed by atoms with Crippen LogP contribution < -0.4 is 5.32 Å². The summed E-state index contributed by atoms with van der Waals surface area (Å²) in [6.07, 6.45) is 3.24. The molecular formula is C12H11N3O3. The Balaban J connectivity index is 2.11. The van der Waals surface area contributed by atoms with E-state index in [1.807, 2.05) is 0 Å². The van der Waals surface area contributed by atoms with Gasteiger partial charge in [-0.15, -0.1) is 0 Å². The molecular weight excluding hydrogens is 234 g/mol. The number of aromatic amines is 1. The highest BCUT2D eigenvalue weighted by atomic mass is 16.4. The van der Waals surface area contributed by atoms with Crippen molar-refractivity contribution in [3.05, 3.63) is 53.3 Å². The van der Waals surface area contributed by atoms with E-state index in [0.29, 0.717) is 6.54 Å². The summed E-state index contributed by atoms with van der Waals surface area (Å²) in [5, 5.41) is 18.0. The number of benzene rings is 1. The van der Waals surface area contributed by atoms with Crippen LogP contribution in [0.2, 0.25) is 0 Å². The molecule has 0 aliphatic heterocycles. The first kappa shape index (κ1) is 11.8. The lowest BCUT2D eigenvalue weighted by molar-refractivity contribution is 0.0691. The Morgan fingerprint density at radius 1 is 1.28 bits per heavy atom. The van der Waals surface area contributed by atoms with Gasteiger partial charge >= 0.3 is 5.97 Å². The second kappa shape index (κ2) is 5.13. The molecule has 0 atom stereocenters. The number of nitrogens with zero attached hydrogens (tertiary/aromatic N) is 1. The van der Waals surface area contributed by atoms with Gasteiger partial charge in [0.25, 0.3) is 5.91 Å². The van der Waals surface area contributed by atoms with Gasteiger partial charge in [-0.1, -0.05) is 12.1 Å². The molecule has 6 nitrogen and oxygen atoms in total. The molecule has 2 rings (SSSR count). The minimum Gasteiger partial charge on any atom is -0.478 e. The smallest absolute Gasteiger partial charge is 0.336 e. The van der Waals surface area contributed by atoms with Crippen LogP contribution in [-0.2, 0) is 6.54 Å². The molecule has 0 saturated heterocycles. The molecule has 0 aliphatic rings. The molecule has 2 aromatic rings. The average Bonchev–Trinajstić information content (AvgIpc) is 2.89. The van der Waals surface area contributed by atoms with Gasteiger partial charge in [0, 0.05) is 18.3 Å². The fourth-order valence-electron chi connectivity index (χ4n) is 1.52. The first-order valence-electron chi connectivity index (χ1n) is 5.26. The first-order chi connectivity index (χ1) is 8.68. The Hall–Kier alpha value is -2.63. The number of rotatable bonds is 4. The molecule has 0 saturated carbocycles. The minimum atomic E-state index is -1.12. The summed E-state index contributed by atoms with van der Waals surface area (Å²) in [5.74, 6) is -1.54. The molecule has 92 valence electrons. The molecule has 1 heterocycles. The molecule has 3 N–H and O–H groups in total. The van der Waals surface area contributed by atoms with Gasteiger partial charge in [-0.05, 0) is 12.1 Å². The Bertz CT molecular complexity index is 564. The SMILES string of the molecule is O=C(O)c1ccccc1C(=O)NCc1cn[nH]c1. The van der Waals surface area contributed by atoms with Crippen LogP contribution in [0.15, 0.2) is 36.7 Å². The third-order valence-electron chi connectivity index (χ3n) is 2.41. The maximum absolute atomic E-state index is 11.9. The normalized spacial score (nSPS) is 10.0. The topological polar surface area (TPSA) is 95.1 Å². The van der Waals surface area contributed by atoms with Crippen LogP contribution in [0.5, 0.6) is 0 Å². The lowest BCUT2D eigenvalue weighted by Crippen LogP contribution is -2.24. The van der Waals surface area contributed by atoms with E-state index in [4.69, 9.17) is 5.11 Å². The summed E-state index contributed by atoms with van der Waals surface area (Å²) in [6, 6.07) is 6.08. The highest BCUT2D eigenvalue weighted by Gasteiger charge is 2.15. The number of aromatic carboxylic acids is 1. The van der Waals surface area contributed by atoms with Gasteiger partial charge in [0.15, 0.2) is 0 Å². The van der Waals surface area contributed by atoms with Crippen molar-refractivity contribution in [1.82, 2.24) is 15.5 Å². The number of nitrogens with one attached hydrogen (secondary N) is 2. The van der Waals surface area contributed by atoms with Crippen molar-refractivity contribution >= 4 is 11.9 Å². The Morgan fingerprint density at radius 3 is 2.61 bits per heavy atom. The van der Waals surface area contributed by atoms with Gasteiger partial charge in [0.05, 0.1) is 17.3 Å². The molecule has 0 radical (unpaired) electrons. The van der Waals surface area contributed by atoms with Crippen molar-refractivity contribution in [2.45, 2.75) is 6.54 Å². The molecule has 0 spiro atoms. The van der Waals surface area contributed by atoms with E-state index in [-0.39, 0.29) is 11.1 Å². The number of carbonyl (C=O) groups excluding carboxylic acids is 1. The number of aromatic nitrogens is 2. The van der Waals surface area contributed by atoms with Gasteiger partial charge in [0.2, 0.25) is 0 Å². The lowest BCUT2D eigenvalue weighted by Gasteiger charge is -2.06. The highest BCUT2D eigenvalue weighted by molar-refractivity contribution is 6.04. The Morgan fingerprint density at radius 2 is 2.00 bits per heavy atom. The predicted octanol–water partition coefficient (Wildman–Crippen LogP) is 1.04. The lowest BCUT2D eigenvalue weighted by atomic mass is 10.1. The molecule has 1 aromatic carbocycles. The van der Waals surface area contributed by atoms with Crippen LogP contribution in [0.3, 0.4) is 0 Å². The van der Waals surface area contributed by atoms with Gasteiger partial charge < -0.3 is 10.4 Å². The molecule has 1 aromatic heterocycles. The van der Waals surface area contributed by atoms with Crippen LogP contribution in [0, 0.1) is 0 Å². The zero-order valence-corrected chi connectivity index (χ0v) is 9.38. The monoisotopic (exact) mass is 245 g/mol. The van der Waals surface area contributed by atoms with Crippen LogP contribution in [0.25, 0.3) is 0 Å². The summed E-state index contributed by atoms with van der Waals surface area (Å²) in [7, 11) is 0. The van der Waals surface area contributed by atoms with Crippen molar-refractivity contribution in [2.24, 2.45) is 0 Å². The fraction of sp³-hybridized carbons (Fsp3) is 0.0833. The predicted molar refractivity (Wildman–Crippen MR) is 63.2 cm³/mol. The highest BCUT2D eigenvalue weighted by Crippen LogP contribution is 2.08. The van der Waals surface area contributed by atoms with E-state index in [1.54, 1.807) is 24.5 Å². The Labute approximate surface area is 103 Å². The number of amides is 1. The second-order valence-electron chi connectivity index (χ2n) is 3.64. The summed E-state index contributed by atoms with van der Waals surface area (Å²) in [6.45, 7) is 0.295. The van der Waals surface area contributed by atoms with Crippen LogP contribution in [0.1, 0.15) is 26.3 Å². The molecule has 1 amide bonds. The molecule has 0 bridgehead atoms. The third kappa shape index (κ3) is 2.54. The average molecular weight is 245 g/mol. The molecule has 0 fully saturated rings. The number of carbonyl (C=O) groups is 2. The maximum atomic E-state index is 11.9. The zero-order chi connectivity index (χ0) is 13.0. The van der Waals surface area contributed by atoms with Crippen LogP contribution >= 0.6 is 0 Å². The first-order valence-corrected chi connectivity index (χ1v) is 5.26. The van der Waals surface area contributed by atoms with E-state index < -0.39 is 11.9 Å². The van der Waals surface area contributed by atoms with Crippen LogP contribution in [0.4, 0.5) is 0 Å². The van der Waals surface area contributed by atoms with E-state index in [0.717, 1.165) is 5.56 Å². The van der Waals surface area contributed by atoms with Gasteiger partial charge in [-0.2, -0.15) is 5.10 Å². The largest absolute Gasteiger partial charge is 0.478 e. The van der Waals surface area contributed by atoms with E-state index in [2.05, 4.69) is 15.5 Å². The third-order valence-corrected chi connectivity index (χ3v) is 2.41. The number of hydrogen-bond acceptors (Lipinski definition) is 3. The maximum Gasteiger partial charge on any atom is 0.336 e. The zero-order valence-electron chi connectivity index (χ0n) is 9.38. The van der Waals surface area contributed by atoms with Crippen molar-refractivity contribution < 1.29 is 14.7 Å². The van der Waals surface area contributed by atoms with E-state index in [1.165, 1.54) is 12.1 Å². The molecule has 6 heteroatoms. The summed E-state index contributed by atoms with van der Waals surface area (Å²) >= 11 is 0. The molecule has 0 aliphatic carbocycles. The van der Waals surface area contributed by atoms with Crippen molar-refractivity contribution in [3.8, 4) is 0 Å². The Kier molecular flexibility index (Phi) is 3.38. The number of H-pyrrole nitrogens is 1. The summed E-state index contributed by atoms with van der Waals surface area (Å²) < 4.78 is 0. The second-order valence-corrected chi connectivity index (χ2v) is 3.64. The van der Waals surface area contributed by atoms with Gasteiger partial charge in [-0.3, -0.25) is 9.89 Å². The fourth-order valence-corrected chi connectivity index (χ4v) is 1.52. The summed E-state index contributed by atoms with van der Waals surface area (Å²) in [4.78, 5) is 22.8. The molecule has 0 unspecified atom stereocenters. The molecule has 18 heavy (non-hydrogen) atoms.